The van der Waals surface area contributed by atoms with Gasteiger partial charge in [0.1, 0.15) is 0 Å². The van der Waals surface area contributed by atoms with Crippen molar-refractivity contribution in [3.63, 3.8) is 0 Å². The number of hydrogen-bond acceptors (Lipinski definition) is 3. The average Bonchev–Trinajstić information content (AvgIpc) is 2.56. The van der Waals surface area contributed by atoms with Crippen molar-refractivity contribution in [2.75, 3.05) is 13.2 Å². The van der Waals surface area contributed by atoms with E-state index in [1.807, 2.05) is 11.6 Å². The average molecular weight is 276 g/mol. The SMILES string of the molecule is CCOCC(N)c1c(Br)cnn1C(C)C. The van der Waals surface area contributed by atoms with E-state index in [9.17, 15) is 0 Å². The van der Waals surface area contributed by atoms with Crippen LogP contribution >= 0.6 is 15.9 Å². The molecule has 0 saturated heterocycles. The Balaban J connectivity index is 2.85. The third-order valence-electron chi connectivity index (χ3n) is 2.13. The van der Waals surface area contributed by atoms with Crippen molar-refractivity contribution in [3.05, 3.63) is 16.4 Å². The second kappa shape index (κ2) is 5.63. The molecule has 1 aromatic rings. The van der Waals surface area contributed by atoms with Gasteiger partial charge in [0.15, 0.2) is 0 Å². The number of nitrogens with zero attached hydrogens (tertiary/aromatic N) is 2. The molecule has 0 aliphatic heterocycles. The zero-order chi connectivity index (χ0) is 11.4. The Bertz CT molecular complexity index is 312. The quantitative estimate of drug-likeness (QED) is 0.897. The highest BCUT2D eigenvalue weighted by atomic mass is 79.9. The Kier molecular flexibility index (Phi) is 4.76. The summed E-state index contributed by atoms with van der Waals surface area (Å²) in [6.07, 6.45) is 1.78. The fraction of sp³-hybridized carbons (Fsp3) is 0.700. The van der Waals surface area contributed by atoms with E-state index in [2.05, 4.69) is 34.9 Å². The molecule has 0 aliphatic carbocycles. The Morgan fingerprint density at radius 2 is 2.27 bits per heavy atom. The first kappa shape index (κ1) is 12.7. The molecule has 0 amide bonds. The van der Waals surface area contributed by atoms with Crippen molar-refractivity contribution < 1.29 is 4.74 Å². The van der Waals surface area contributed by atoms with Crippen LogP contribution in [0.1, 0.15) is 38.5 Å². The fourth-order valence-electron chi connectivity index (χ4n) is 1.43. The highest BCUT2D eigenvalue weighted by Gasteiger charge is 2.17. The second-order valence-electron chi connectivity index (χ2n) is 3.68. The molecule has 15 heavy (non-hydrogen) atoms. The smallest absolute Gasteiger partial charge is 0.0720 e. The Hall–Kier alpha value is -0.390. The van der Waals surface area contributed by atoms with Crippen LogP contribution in [0.5, 0.6) is 0 Å². The lowest BCUT2D eigenvalue weighted by Gasteiger charge is -2.17. The van der Waals surface area contributed by atoms with Gasteiger partial charge in [-0.1, -0.05) is 0 Å². The van der Waals surface area contributed by atoms with E-state index in [0.29, 0.717) is 19.3 Å². The van der Waals surface area contributed by atoms with E-state index in [4.69, 9.17) is 10.5 Å². The molecular formula is C10H18BrN3O. The molecule has 0 aromatic carbocycles. The largest absolute Gasteiger partial charge is 0.380 e. The van der Waals surface area contributed by atoms with E-state index >= 15 is 0 Å². The maximum atomic E-state index is 6.05. The molecule has 1 heterocycles. The summed E-state index contributed by atoms with van der Waals surface area (Å²) in [6, 6.07) is 0.170. The summed E-state index contributed by atoms with van der Waals surface area (Å²) in [5.74, 6) is 0. The standard InChI is InChI=1S/C10H18BrN3O/c1-4-15-6-9(12)10-8(11)5-13-14(10)7(2)3/h5,7,9H,4,6,12H2,1-3H3. The van der Waals surface area contributed by atoms with Gasteiger partial charge in [-0.2, -0.15) is 5.10 Å². The van der Waals surface area contributed by atoms with Gasteiger partial charge in [-0.25, -0.2) is 0 Å². The Morgan fingerprint density at radius 3 is 2.80 bits per heavy atom. The predicted octanol–water partition coefficient (Wildman–Crippen LogP) is 2.26. The number of nitrogens with two attached hydrogens (primary N) is 1. The lowest BCUT2D eigenvalue weighted by Crippen LogP contribution is -2.22. The van der Waals surface area contributed by atoms with Crippen molar-refractivity contribution in [1.82, 2.24) is 9.78 Å². The third kappa shape index (κ3) is 3.03. The summed E-state index contributed by atoms with van der Waals surface area (Å²) in [7, 11) is 0. The number of halogens is 1. The number of rotatable bonds is 5. The zero-order valence-corrected chi connectivity index (χ0v) is 11.0. The van der Waals surface area contributed by atoms with E-state index in [-0.39, 0.29) is 6.04 Å². The van der Waals surface area contributed by atoms with Crippen molar-refractivity contribution in [2.45, 2.75) is 32.9 Å². The van der Waals surface area contributed by atoms with Gasteiger partial charge in [0.05, 0.1) is 29.0 Å². The molecule has 1 unspecified atom stereocenters. The molecule has 86 valence electrons. The van der Waals surface area contributed by atoms with Crippen LogP contribution in [0.3, 0.4) is 0 Å². The minimum Gasteiger partial charge on any atom is -0.380 e. The van der Waals surface area contributed by atoms with Gasteiger partial charge in [0.2, 0.25) is 0 Å². The molecule has 4 nitrogen and oxygen atoms in total. The summed E-state index contributed by atoms with van der Waals surface area (Å²) >= 11 is 3.46. The Morgan fingerprint density at radius 1 is 1.60 bits per heavy atom. The first-order valence-corrected chi connectivity index (χ1v) is 5.93. The summed E-state index contributed by atoms with van der Waals surface area (Å²) in [4.78, 5) is 0. The van der Waals surface area contributed by atoms with Gasteiger partial charge in [-0.05, 0) is 36.7 Å². The fourth-order valence-corrected chi connectivity index (χ4v) is 2.00. The van der Waals surface area contributed by atoms with Crippen molar-refractivity contribution >= 4 is 15.9 Å². The minimum absolute atomic E-state index is 0.135. The second-order valence-corrected chi connectivity index (χ2v) is 4.54. The molecule has 0 radical (unpaired) electrons. The predicted molar refractivity (Wildman–Crippen MR) is 63.7 cm³/mol. The third-order valence-corrected chi connectivity index (χ3v) is 2.74. The lowest BCUT2D eigenvalue weighted by atomic mass is 10.2. The maximum absolute atomic E-state index is 6.05. The van der Waals surface area contributed by atoms with E-state index in [1.54, 1.807) is 6.20 Å². The van der Waals surface area contributed by atoms with E-state index in [0.717, 1.165) is 10.2 Å². The molecule has 0 bridgehead atoms. The van der Waals surface area contributed by atoms with Gasteiger partial charge in [-0.15, -0.1) is 0 Å². The summed E-state index contributed by atoms with van der Waals surface area (Å²) in [5.41, 5.74) is 7.05. The van der Waals surface area contributed by atoms with Crippen LogP contribution < -0.4 is 5.73 Å². The summed E-state index contributed by atoms with van der Waals surface area (Å²) < 4.78 is 8.19. The highest BCUT2D eigenvalue weighted by molar-refractivity contribution is 9.10. The number of hydrogen-bond donors (Lipinski definition) is 1. The van der Waals surface area contributed by atoms with Gasteiger partial charge in [-0.3, -0.25) is 4.68 Å². The van der Waals surface area contributed by atoms with Crippen molar-refractivity contribution in [2.24, 2.45) is 5.73 Å². The van der Waals surface area contributed by atoms with Crippen LogP contribution in [-0.2, 0) is 4.74 Å². The first-order chi connectivity index (χ1) is 7.07. The van der Waals surface area contributed by atoms with E-state index in [1.165, 1.54) is 0 Å². The van der Waals surface area contributed by atoms with Crippen LogP contribution in [-0.4, -0.2) is 23.0 Å². The molecule has 5 heteroatoms. The minimum atomic E-state index is -0.135. The van der Waals surface area contributed by atoms with Gasteiger partial charge in [0, 0.05) is 12.6 Å². The topological polar surface area (TPSA) is 53.1 Å². The number of aromatic nitrogens is 2. The van der Waals surface area contributed by atoms with E-state index < -0.39 is 0 Å². The number of ether oxygens (including phenoxy) is 1. The molecule has 0 aliphatic rings. The van der Waals surface area contributed by atoms with Crippen LogP contribution in [0.15, 0.2) is 10.7 Å². The molecule has 1 atom stereocenters. The molecule has 0 fully saturated rings. The molecule has 0 saturated carbocycles. The molecule has 0 spiro atoms. The summed E-state index contributed by atoms with van der Waals surface area (Å²) in [5, 5.41) is 4.28. The van der Waals surface area contributed by atoms with Crippen LogP contribution in [0, 0.1) is 0 Å². The lowest BCUT2D eigenvalue weighted by molar-refractivity contribution is 0.130. The monoisotopic (exact) mass is 275 g/mol. The van der Waals surface area contributed by atoms with Crippen LogP contribution in [0.25, 0.3) is 0 Å². The molecule has 2 N–H and O–H groups in total. The van der Waals surface area contributed by atoms with Crippen LogP contribution in [0.4, 0.5) is 0 Å². The normalized spacial score (nSPS) is 13.5. The van der Waals surface area contributed by atoms with Crippen molar-refractivity contribution in [1.29, 1.82) is 0 Å². The van der Waals surface area contributed by atoms with Gasteiger partial charge >= 0.3 is 0 Å². The van der Waals surface area contributed by atoms with Gasteiger partial charge in [0.25, 0.3) is 0 Å². The van der Waals surface area contributed by atoms with Crippen molar-refractivity contribution in [3.8, 4) is 0 Å². The summed E-state index contributed by atoms with van der Waals surface area (Å²) in [6.45, 7) is 7.32. The molecular weight excluding hydrogens is 258 g/mol. The molecule has 1 aromatic heterocycles. The molecule has 1 rings (SSSR count). The highest BCUT2D eigenvalue weighted by Crippen LogP contribution is 2.24. The van der Waals surface area contributed by atoms with Gasteiger partial charge < -0.3 is 10.5 Å². The first-order valence-electron chi connectivity index (χ1n) is 5.14. The zero-order valence-electron chi connectivity index (χ0n) is 9.40. The van der Waals surface area contributed by atoms with Crippen LogP contribution in [0.2, 0.25) is 0 Å². The Labute approximate surface area is 98.9 Å². The maximum Gasteiger partial charge on any atom is 0.0720 e.